The van der Waals surface area contributed by atoms with Crippen LogP contribution in [-0.4, -0.2) is 61.6 Å². The van der Waals surface area contributed by atoms with Crippen LogP contribution < -0.4 is 5.32 Å². The first-order valence-electron chi connectivity index (χ1n) is 18.1. The van der Waals surface area contributed by atoms with Crippen LogP contribution in [0.4, 0.5) is 11.5 Å². The lowest BCUT2D eigenvalue weighted by molar-refractivity contribution is 0.175. The quantitative estimate of drug-likeness (QED) is 0.166. The van der Waals surface area contributed by atoms with Gasteiger partial charge in [-0.3, -0.25) is 14.8 Å². The first-order chi connectivity index (χ1) is 24.9. The number of aliphatic hydroxyl groups is 1. The summed E-state index contributed by atoms with van der Waals surface area (Å²) in [5.74, 6) is 2.06. The van der Waals surface area contributed by atoms with Gasteiger partial charge in [0.25, 0.3) is 0 Å². The van der Waals surface area contributed by atoms with Gasteiger partial charge in [0, 0.05) is 67.8 Å². The smallest absolute Gasteiger partial charge is 0.227 e. The number of benzene rings is 3. The second-order valence-electron chi connectivity index (χ2n) is 14.7. The van der Waals surface area contributed by atoms with Crippen molar-refractivity contribution in [1.29, 1.82) is 5.26 Å². The summed E-state index contributed by atoms with van der Waals surface area (Å²) in [5, 5.41) is 24.6. The van der Waals surface area contributed by atoms with Crippen LogP contribution in [0.3, 0.4) is 0 Å². The molecule has 51 heavy (non-hydrogen) atoms. The topological polar surface area (TPSA) is 114 Å². The van der Waals surface area contributed by atoms with Gasteiger partial charge in [-0.05, 0) is 115 Å². The number of piperidine rings is 1. The van der Waals surface area contributed by atoms with Gasteiger partial charge >= 0.3 is 0 Å². The Kier molecular flexibility index (Phi) is 8.03. The van der Waals surface area contributed by atoms with Gasteiger partial charge in [0.2, 0.25) is 5.89 Å². The number of rotatable bonds is 8. The fourth-order valence-electron chi connectivity index (χ4n) is 8.68. The molecular weight excluding hydrogens is 635 g/mol. The minimum Gasteiger partial charge on any atom is -0.435 e. The van der Waals surface area contributed by atoms with Crippen molar-refractivity contribution in [2.24, 2.45) is 5.92 Å². The Labute approximate surface area is 297 Å². The molecule has 1 saturated carbocycles. The molecule has 5 heterocycles. The van der Waals surface area contributed by atoms with Crippen LogP contribution in [0.2, 0.25) is 0 Å². The molecular formula is C42H41N7O2. The largest absolute Gasteiger partial charge is 0.435 e. The summed E-state index contributed by atoms with van der Waals surface area (Å²) in [6, 6.07) is 23.8. The first kappa shape index (κ1) is 31.8. The molecule has 9 rings (SSSR count). The molecule has 9 nitrogen and oxygen atoms in total. The van der Waals surface area contributed by atoms with Crippen LogP contribution in [0.5, 0.6) is 0 Å². The zero-order chi connectivity index (χ0) is 34.6. The zero-order valence-electron chi connectivity index (χ0n) is 29.1. The minimum atomic E-state index is -0.240. The number of fused-ring (bicyclic) bond motifs is 4. The molecule has 0 radical (unpaired) electrons. The predicted molar refractivity (Wildman–Crippen MR) is 199 cm³/mol. The van der Waals surface area contributed by atoms with E-state index in [0.717, 1.165) is 99.6 Å². The fourth-order valence-corrected chi connectivity index (χ4v) is 8.68. The number of hydrogen-bond donors (Lipinski definition) is 2. The molecule has 9 heteroatoms. The van der Waals surface area contributed by atoms with Crippen molar-refractivity contribution < 1.29 is 9.52 Å². The maximum Gasteiger partial charge on any atom is 0.227 e. The molecule has 2 bridgehead atoms. The normalized spacial score (nSPS) is 20.5. The first-order valence-corrected chi connectivity index (χ1v) is 18.1. The van der Waals surface area contributed by atoms with Crippen molar-refractivity contribution in [2.45, 2.75) is 64.8 Å². The molecule has 0 spiro atoms. The number of pyridine rings is 2. The van der Waals surface area contributed by atoms with Gasteiger partial charge in [-0.1, -0.05) is 24.3 Å². The Morgan fingerprint density at radius 3 is 2.55 bits per heavy atom. The summed E-state index contributed by atoms with van der Waals surface area (Å²) in [5.41, 5.74) is 11.1. The number of nitriles is 1. The standard InChI is InChI=1S/C42H41N7O2/c1-25-34(5-3-7-36(25)42-47-38-18-28(15-31(19-43)40(38)51-42)23-49-22-27-9-10-32(49)17-27)35-6-4-8-37(26(35)2)46-41-39-30(11-13-44-41)16-29(20-45-39)21-48-14-12-33(50)24-48/h3-8,11,13,15-16,18,20,27,32-33,50H,9-10,12,14,17,21-24H2,1-2H3,(H,44,46)/t27?,32?,33-/m1/s1. The Morgan fingerprint density at radius 2 is 1.76 bits per heavy atom. The van der Waals surface area contributed by atoms with Crippen LogP contribution in [0.25, 0.3) is 44.6 Å². The van der Waals surface area contributed by atoms with Crippen LogP contribution >= 0.6 is 0 Å². The molecule has 3 fully saturated rings. The average molecular weight is 676 g/mol. The fraction of sp³-hybridized carbons (Fsp3) is 0.333. The van der Waals surface area contributed by atoms with Crippen LogP contribution in [0.1, 0.15) is 53.5 Å². The van der Waals surface area contributed by atoms with Crippen molar-refractivity contribution in [3.63, 3.8) is 0 Å². The van der Waals surface area contributed by atoms with E-state index in [1.165, 1.54) is 19.3 Å². The Bertz CT molecular complexity index is 2340. The number of likely N-dealkylation sites (tertiary alicyclic amines) is 2. The van der Waals surface area contributed by atoms with Gasteiger partial charge in [-0.25, -0.2) is 9.97 Å². The van der Waals surface area contributed by atoms with E-state index < -0.39 is 0 Å². The van der Waals surface area contributed by atoms with E-state index in [0.29, 0.717) is 35.4 Å². The lowest BCUT2D eigenvalue weighted by Crippen LogP contribution is -2.31. The van der Waals surface area contributed by atoms with E-state index in [-0.39, 0.29) is 6.10 Å². The minimum absolute atomic E-state index is 0.240. The second-order valence-corrected chi connectivity index (χ2v) is 14.7. The summed E-state index contributed by atoms with van der Waals surface area (Å²) in [6.45, 7) is 8.61. The molecule has 1 aliphatic carbocycles. The SMILES string of the molecule is Cc1c(Nc2nccc3cc(CN4CC[C@@H](O)C4)cnc23)cccc1-c1cccc(-c2nc3cc(CN4CC5CCC4C5)cc(C#N)c3o2)c1C. The molecule has 6 aromatic rings. The van der Waals surface area contributed by atoms with Gasteiger partial charge in [-0.2, -0.15) is 5.26 Å². The molecule has 3 aromatic carbocycles. The van der Waals surface area contributed by atoms with Gasteiger partial charge in [0.05, 0.1) is 11.7 Å². The number of oxazole rings is 1. The molecule has 2 unspecified atom stereocenters. The van der Waals surface area contributed by atoms with Gasteiger partial charge in [-0.15, -0.1) is 0 Å². The highest BCUT2D eigenvalue weighted by Crippen LogP contribution is 2.40. The summed E-state index contributed by atoms with van der Waals surface area (Å²) in [4.78, 5) is 19.3. The third-order valence-electron chi connectivity index (χ3n) is 11.3. The van der Waals surface area contributed by atoms with E-state index in [1.807, 2.05) is 36.7 Å². The maximum absolute atomic E-state index is 10.1. The van der Waals surface area contributed by atoms with E-state index >= 15 is 0 Å². The molecule has 3 aromatic heterocycles. The molecule has 2 saturated heterocycles. The number of aliphatic hydroxyl groups excluding tert-OH is 1. The third kappa shape index (κ3) is 5.93. The summed E-state index contributed by atoms with van der Waals surface area (Å²) in [7, 11) is 0. The van der Waals surface area contributed by atoms with Crippen molar-refractivity contribution in [2.75, 3.05) is 25.0 Å². The molecule has 256 valence electrons. The zero-order valence-corrected chi connectivity index (χ0v) is 29.1. The lowest BCUT2D eigenvalue weighted by Gasteiger charge is -2.26. The number of hydrogen-bond acceptors (Lipinski definition) is 9. The van der Waals surface area contributed by atoms with Crippen molar-refractivity contribution >= 4 is 33.5 Å². The van der Waals surface area contributed by atoms with Crippen molar-refractivity contribution in [3.8, 4) is 28.7 Å². The van der Waals surface area contributed by atoms with Gasteiger partial charge in [0.15, 0.2) is 11.4 Å². The second kappa shape index (κ2) is 12.9. The number of nitrogens with zero attached hydrogens (tertiary/aromatic N) is 6. The summed E-state index contributed by atoms with van der Waals surface area (Å²) < 4.78 is 6.36. The lowest BCUT2D eigenvalue weighted by atomic mass is 9.93. The molecule has 0 amide bonds. The molecule has 3 atom stereocenters. The number of aromatic nitrogens is 3. The maximum atomic E-state index is 10.1. The number of β-amino-alcohol motifs (C(OH)–C–C–N with tert-alkyl or cyclic N) is 1. The van der Waals surface area contributed by atoms with Gasteiger partial charge < -0.3 is 14.8 Å². The number of anilines is 2. The monoisotopic (exact) mass is 675 g/mol. The summed E-state index contributed by atoms with van der Waals surface area (Å²) >= 11 is 0. The van der Waals surface area contributed by atoms with Crippen LogP contribution in [-0.2, 0) is 13.1 Å². The molecule has 3 aliphatic rings. The highest BCUT2D eigenvalue weighted by Gasteiger charge is 2.37. The average Bonchev–Trinajstić information content (AvgIpc) is 3.95. The Hall–Kier alpha value is -5.14. The molecule has 2 aliphatic heterocycles. The third-order valence-corrected chi connectivity index (χ3v) is 11.3. The highest BCUT2D eigenvalue weighted by atomic mass is 16.3. The number of nitrogens with one attached hydrogen (secondary N) is 1. The van der Waals surface area contributed by atoms with E-state index in [1.54, 1.807) is 0 Å². The highest BCUT2D eigenvalue weighted by molar-refractivity contribution is 5.91. The van der Waals surface area contributed by atoms with E-state index in [4.69, 9.17) is 14.4 Å². The van der Waals surface area contributed by atoms with Crippen LogP contribution in [0.15, 0.2) is 77.5 Å². The van der Waals surface area contributed by atoms with Gasteiger partial charge in [0.1, 0.15) is 17.1 Å². The molecule has 2 N–H and O–H groups in total. The van der Waals surface area contributed by atoms with E-state index in [2.05, 4.69) is 76.4 Å². The van der Waals surface area contributed by atoms with Crippen molar-refractivity contribution in [1.82, 2.24) is 24.8 Å². The predicted octanol–water partition coefficient (Wildman–Crippen LogP) is 7.89. The van der Waals surface area contributed by atoms with E-state index in [9.17, 15) is 10.4 Å². The Balaban J connectivity index is 1.000. The summed E-state index contributed by atoms with van der Waals surface area (Å²) in [6.07, 6.45) is 8.26. The van der Waals surface area contributed by atoms with Crippen LogP contribution in [0, 0.1) is 31.1 Å². The van der Waals surface area contributed by atoms with Crippen molar-refractivity contribution in [3.05, 3.63) is 101 Å². The Morgan fingerprint density at radius 1 is 0.922 bits per heavy atom.